The molecule has 118 valence electrons. The summed E-state index contributed by atoms with van der Waals surface area (Å²) in [6.45, 7) is 4.37. The van der Waals surface area contributed by atoms with Crippen LogP contribution in [0.3, 0.4) is 0 Å². The molecule has 2 N–H and O–H groups in total. The summed E-state index contributed by atoms with van der Waals surface area (Å²) in [6.07, 6.45) is 1.98. The molecule has 2 aromatic rings. The van der Waals surface area contributed by atoms with Crippen LogP contribution in [0.25, 0.3) is 5.69 Å². The van der Waals surface area contributed by atoms with Crippen LogP contribution in [-0.2, 0) is 11.2 Å². The summed E-state index contributed by atoms with van der Waals surface area (Å²) in [4.78, 5) is 11.9. The number of rotatable bonds is 7. The molecular formula is C15H21N5O2. The highest BCUT2D eigenvalue weighted by Gasteiger charge is 2.09. The van der Waals surface area contributed by atoms with E-state index in [1.807, 2.05) is 38.1 Å². The van der Waals surface area contributed by atoms with E-state index in [-0.39, 0.29) is 12.3 Å². The fourth-order valence-corrected chi connectivity index (χ4v) is 2.15. The summed E-state index contributed by atoms with van der Waals surface area (Å²) in [6, 6.07) is 7.43. The van der Waals surface area contributed by atoms with Gasteiger partial charge in [-0.05, 0) is 40.5 Å². The molecular weight excluding hydrogens is 282 g/mol. The van der Waals surface area contributed by atoms with E-state index in [0.29, 0.717) is 18.9 Å². The Bertz CT molecular complexity index is 580. The Labute approximate surface area is 129 Å². The lowest BCUT2D eigenvalue weighted by atomic mass is 10.1. The van der Waals surface area contributed by atoms with Gasteiger partial charge in [0.15, 0.2) is 0 Å². The Balaban J connectivity index is 1.82. The van der Waals surface area contributed by atoms with Crippen LogP contribution < -0.4 is 5.32 Å². The van der Waals surface area contributed by atoms with Gasteiger partial charge in [0.25, 0.3) is 0 Å². The van der Waals surface area contributed by atoms with Crippen molar-refractivity contribution in [1.82, 2.24) is 25.5 Å². The lowest BCUT2D eigenvalue weighted by Crippen LogP contribution is -2.33. The molecule has 1 atom stereocenters. The van der Waals surface area contributed by atoms with Gasteiger partial charge in [-0.3, -0.25) is 4.79 Å². The molecule has 1 aromatic heterocycles. The second-order valence-electron chi connectivity index (χ2n) is 5.69. The van der Waals surface area contributed by atoms with Crippen molar-refractivity contribution in [2.75, 3.05) is 6.54 Å². The van der Waals surface area contributed by atoms with E-state index in [0.717, 1.165) is 11.3 Å². The number of aromatic nitrogens is 4. The van der Waals surface area contributed by atoms with Gasteiger partial charge in [-0.25, -0.2) is 4.68 Å². The quantitative estimate of drug-likeness (QED) is 0.786. The number of amides is 1. The van der Waals surface area contributed by atoms with Gasteiger partial charge in [-0.15, -0.1) is 5.10 Å². The third-order valence-electron chi connectivity index (χ3n) is 3.19. The Kier molecular flexibility index (Phi) is 5.60. The van der Waals surface area contributed by atoms with E-state index in [9.17, 15) is 9.90 Å². The number of aliphatic hydroxyl groups is 1. The molecule has 7 nitrogen and oxygen atoms in total. The molecule has 0 saturated heterocycles. The highest BCUT2D eigenvalue weighted by Crippen LogP contribution is 2.08. The maximum atomic E-state index is 11.9. The minimum absolute atomic E-state index is 0.0991. The van der Waals surface area contributed by atoms with Crippen molar-refractivity contribution in [2.24, 2.45) is 5.92 Å². The molecule has 1 amide bonds. The third kappa shape index (κ3) is 4.92. The number of carbonyl (C=O) groups is 1. The van der Waals surface area contributed by atoms with Crippen molar-refractivity contribution in [1.29, 1.82) is 0 Å². The van der Waals surface area contributed by atoms with Crippen LogP contribution in [-0.4, -0.2) is 43.9 Å². The molecule has 0 radical (unpaired) electrons. The molecule has 1 heterocycles. The smallest absolute Gasteiger partial charge is 0.224 e. The zero-order chi connectivity index (χ0) is 15.9. The van der Waals surface area contributed by atoms with Gasteiger partial charge in [-0.2, -0.15) is 0 Å². The number of hydrogen-bond acceptors (Lipinski definition) is 5. The number of aliphatic hydroxyl groups excluding tert-OH is 1. The molecule has 7 heteroatoms. The van der Waals surface area contributed by atoms with Crippen molar-refractivity contribution in [2.45, 2.75) is 32.8 Å². The number of hydrogen-bond donors (Lipinski definition) is 2. The van der Waals surface area contributed by atoms with Gasteiger partial charge < -0.3 is 10.4 Å². The maximum Gasteiger partial charge on any atom is 0.224 e. The predicted molar refractivity (Wildman–Crippen MR) is 81.3 cm³/mol. The lowest BCUT2D eigenvalue weighted by molar-refractivity contribution is -0.120. The van der Waals surface area contributed by atoms with Crippen molar-refractivity contribution < 1.29 is 9.90 Å². The Morgan fingerprint density at radius 2 is 2.05 bits per heavy atom. The average molecular weight is 303 g/mol. The highest BCUT2D eigenvalue weighted by atomic mass is 16.3. The van der Waals surface area contributed by atoms with Gasteiger partial charge in [0.1, 0.15) is 6.33 Å². The summed E-state index contributed by atoms with van der Waals surface area (Å²) < 4.78 is 1.55. The fourth-order valence-electron chi connectivity index (χ4n) is 2.15. The molecule has 0 aliphatic heterocycles. The van der Waals surface area contributed by atoms with Gasteiger partial charge in [0.2, 0.25) is 5.91 Å². The van der Waals surface area contributed by atoms with E-state index >= 15 is 0 Å². The molecule has 0 fully saturated rings. The van der Waals surface area contributed by atoms with Crippen LogP contribution in [0.15, 0.2) is 30.6 Å². The normalized spacial score (nSPS) is 12.4. The first-order valence-corrected chi connectivity index (χ1v) is 7.31. The minimum Gasteiger partial charge on any atom is -0.391 e. The standard InChI is InChI=1S/C15H21N5O2/c1-11(2)7-14(21)9-16-15(22)8-12-3-5-13(6-4-12)20-10-17-18-19-20/h3-6,10-11,14,21H,7-9H2,1-2H3,(H,16,22). The molecule has 22 heavy (non-hydrogen) atoms. The SMILES string of the molecule is CC(C)CC(O)CNC(=O)Cc1ccc(-n2cnnn2)cc1. The second kappa shape index (κ2) is 7.65. The van der Waals surface area contributed by atoms with E-state index < -0.39 is 6.10 Å². The van der Waals surface area contributed by atoms with Crippen molar-refractivity contribution in [3.63, 3.8) is 0 Å². The van der Waals surface area contributed by atoms with Crippen LogP contribution in [0.5, 0.6) is 0 Å². The van der Waals surface area contributed by atoms with Gasteiger partial charge >= 0.3 is 0 Å². The van der Waals surface area contributed by atoms with E-state index in [1.54, 1.807) is 4.68 Å². The number of tetrazole rings is 1. The van der Waals surface area contributed by atoms with Crippen LogP contribution in [0.1, 0.15) is 25.8 Å². The topological polar surface area (TPSA) is 92.9 Å². The number of benzene rings is 1. The van der Waals surface area contributed by atoms with Crippen LogP contribution in [0.4, 0.5) is 0 Å². The monoisotopic (exact) mass is 303 g/mol. The molecule has 0 aliphatic carbocycles. The van der Waals surface area contributed by atoms with Gasteiger partial charge in [-0.1, -0.05) is 26.0 Å². The number of carbonyl (C=O) groups excluding carboxylic acids is 1. The molecule has 1 unspecified atom stereocenters. The maximum absolute atomic E-state index is 11.9. The molecule has 0 aliphatic rings. The summed E-state index contributed by atoms with van der Waals surface area (Å²) >= 11 is 0. The van der Waals surface area contributed by atoms with E-state index in [1.165, 1.54) is 6.33 Å². The van der Waals surface area contributed by atoms with E-state index in [4.69, 9.17) is 0 Å². The fraction of sp³-hybridized carbons (Fsp3) is 0.467. The lowest BCUT2D eigenvalue weighted by Gasteiger charge is -2.13. The number of nitrogens with zero attached hydrogens (tertiary/aromatic N) is 4. The Morgan fingerprint density at radius 3 is 2.64 bits per heavy atom. The summed E-state index contributed by atoms with van der Waals surface area (Å²) in [5.41, 5.74) is 1.73. The third-order valence-corrected chi connectivity index (χ3v) is 3.19. The Morgan fingerprint density at radius 1 is 1.32 bits per heavy atom. The predicted octanol–water partition coefficient (Wildman–Crippen LogP) is 0.728. The largest absolute Gasteiger partial charge is 0.391 e. The average Bonchev–Trinajstić information content (AvgIpc) is 2.99. The van der Waals surface area contributed by atoms with Crippen LogP contribution in [0, 0.1) is 5.92 Å². The zero-order valence-corrected chi connectivity index (χ0v) is 12.8. The number of nitrogens with one attached hydrogen (secondary N) is 1. The van der Waals surface area contributed by atoms with Crippen LogP contribution in [0.2, 0.25) is 0 Å². The molecule has 0 saturated carbocycles. The molecule has 2 rings (SSSR count). The first-order chi connectivity index (χ1) is 10.5. The highest BCUT2D eigenvalue weighted by molar-refractivity contribution is 5.78. The zero-order valence-electron chi connectivity index (χ0n) is 12.8. The van der Waals surface area contributed by atoms with Crippen molar-refractivity contribution >= 4 is 5.91 Å². The van der Waals surface area contributed by atoms with Crippen molar-refractivity contribution in [3.8, 4) is 5.69 Å². The molecule has 0 bridgehead atoms. The van der Waals surface area contributed by atoms with Gasteiger partial charge in [0.05, 0.1) is 18.2 Å². The summed E-state index contributed by atoms with van der Waals surface area (Å²) in [5, 5.41) is 23.4. The molecule has 1 aromatic carbocycles. The van der Waals surface area contributed by atoms with Crippen LogP contribution >= 0.6 is 0 Å². The first-order valence-electron chi connectivity index (χ1n) is 7.31. The van der Waals surface area contributed by atoms with Crippen molar-refractivity contribution in [3.05, 3.63) is 36.2 Å². The summed E-state index contributed by atoms with van der Waals surface area (Å²) in [7, 11) is 0. The second-order valence-corrected chi connectivity index (χ2v) is 5.69. The first kappa shape index (κ1) is 16.1. The van der Waals surface area contributed by atoms with Gasteiger partial charge in [0, 0.05) is 6.54 Å². The Hall–Kier alpha value is -2.28. The minimum atomic E-state index is -0.494. The summed E-state index contributed by atoms with van der Waals surface area (Å²) in [5.74, 6) is 0.309. The van der Waals surface area contributed by atoms with E-state index in [2.05, 4.69) is 20.8 Å². The molecule has 0 spiro atoms.